The molecular formula is C21H18BrNO3S2. The van der Waals surface area contributed by atoms with Gasteiger partial charge in [-0.15, -0.1) is 0 Å². The summed E-state index contributed by atoms with van der Waals surface area (Å²) >= 11 is 10.2. The summed E-state index contributed by atoms with van der Waals surface area (Å²) in [6.07, 6.45) is 3.76. The largest absolute Gasteiger partial charge is 0.466 e. The van der Waals surface area contributed by atoms with Crippen LogP contribution in [0.25, 0.3) is 5.69 Å². The maximum atomic E-state index is 13.2. The van der Waals surface area contributed by atoms with E-state index in [9.17, 15) is 9.59 Å². The second-order valence-corrected chi connectivity index (χ2v) is 8.75. The van der Waals surface area contributed by atoms with Crippen molar-refractivity contribution in [1.29, 1.82) is 0 Å². The van der Waals surface area contributed by atoms with Crippen molar-refractivity contribution in [1.82, 2.24) is 0 Å². The third-order valence-electron chi connectivity index (χ3n) is 4.14. The van der Waals surface area contributed by atoms with Crippen LogP contribution in [0.15, 0.2) is 57.5 Å². The number of pyridine rings is 1. The zero-order chi connectivity index (χ0) is 20.3. The van der Waals surface area contributed by atoms with Crippen LogP contribution in [0.5, 0.6) is 0 Å². The normalized spacial score (nSPS) is 10.7. The number of aromatic nitrogens is 1. The Hall–Kier alpha value is -2.09. The van der Waals surface area contributed by atoms with Crippen molar-refractivity contribution in [2.45, 2.75) is 24.5 Å². The number of halogens is 1. The lowest BCUT2D eigenvalue weighted by atomic mass is 10.0. The number of ketones is 1. The summed E-state index contributed by atoms with van der Waals surface area (Å²) in [5.74, 6) is -0.532. The molecule has 0 saturated carbocycles. The lowest BCUT2D eigenvalue weighted by Gasteiger charge is -2.08. The van der Waals surface area contributed by atoms with Gasteiger partial charge in [0.15, 0.2) is 18.2 Å². The molecular weight excluding hydrogens is 458 g/mol. The summed E-state index contributed by atoms with van der Waals surface area (Å²) in [6.45, 7) is 4.04. The average Bonchev–Trinajstić information content (AvgIpc) is 2.98. The molecule has 3 rings (SSSR count). The standard InChI is InChI=1S/C21H18BrNO3S2/c1-3-26-17(24)12-16-18(23-10-8-13(2)9-11-23)21(27)28-20(16)19(25)14-4-6-15(22)7-5-14/h4-11H,3,12H2,1-2H3. The van der Waals surface area contributed by atoms with E-state index >= 15 is 0 Å². The van der Waals surface area contributed by atoms with Crippen LogP contribution in [-0.2, 0) is 28.6 Å². The summed E-state index contributed by atoms with van der Waals surface area (Å²) in [6, 6.07) is 11.0. The Morgan fingerprint density at radius 1 is 1.14 bits per heavy atom. The van der Waals surface area contributed by atoms with Crippen LogP contribution < -0.4 is 4.57 Å². The van der Waals surface area contributed by atoms with E-state index in [1.54, 1.807) is 19.1 Å². The van der Waals surface area contributed by atoms with E-state index in [2.05, 4.69) is 15.9 Å². The highest BCUT2D eigenvalue weighted by Gasteiger charge is 2.25. The molecule has 0 spiro atoms. The molecule has 0 saturated heterocycles. The Kier molecular flexibility index (Phi) is 6.59. The molecule has 3 aromatic rings. The number of carbonyl (C=O) groups excluding carboxylic acids is 2. The summed E-state index contributed by atoms with van der Waals surface area (Å²) in [7, 11) is 0. The maximum absolute atomic E-state index is 13.2. The molecule has 144 valence electrons. The van der Waals surface area contributed by atoms with Gasteiger partial charge in [-0.1, -0.05) is 15.9 Å². The fourth-order valence-corrected chi connectivity index (χ4v) is 4.54. The first-order valence-corrected chi connectivity index (χ1v) is 10.7. The first-order chi connectivity index (χ1) is 13.4. The minimum absolute atomic E-state index is 0.00517. The molecule has 0 aliphatic heterocycles. The number of hydrogen-bond donors (Lipinski definition) is 0. The number of hydrogen-bond acceptors (Lipinski definition) is 5. The average molecular weight is 476 g/mol. The van der Waals surface area contributed by atoms with E-state index in [1.807, 2.05) is 48.1 Å². The lowest BCUT2D eigenvalue weighted by Crippen LogP contribution is -2.32. The van der Waals surface area contributed by atoms with Crippen molar-refractivity contribution in [3.05, 3.63) is 74.8 Å². The van der Waals surface area contributed by atoms with Crippen LogP contribution in [0.2, 0.25) is 0 Å². The summed E-state index contributed by atoms with van der Waals surface area (Å²) in [5.41, 5.74) is 2.95. The van der Waals surface area contributed by atoms with Gasteiger partial charge in [0.05, 0.1) is 13.0 Å². The predicted molar refractivity (Wildman–Crippen MR) is 114 cm³/mol. The van der Waals surface area contributed by atoms with Crippen LogP contribution >= 0.6 is 27.3 Å². The van der Waals surface area contributed by atoms with Gasteiger partial charge >= 0.3 is 5.97 Å². The summed E-state index contributed by atoms with van der Waals surface area (Å²) in [4.78, 5) is 25.9. The van der Waals surface area contributed by atoms with Gasteiger partial charge in [-0.25, -0.2) is 0 Å². The van der Waals surface area contributed by atoms with Crippen LogP contribution in [0.3, 0.4) is 0 Å². The molecule has 0 radical (unpaired) electrons. The molecule has 0 unspecified atom stereocenters. The topological polar surface area (TPSA) is 47.3 Å². The molecule has 0 N–H and O–H groups in total. The number of rotatable bonds is 6. The summed E-state index contributed by atoms with van der Waals surface area (Å²) < 4.78 is 8.44. The highest BCUT2D eigenvalue weighted by molar-refractivity contribution is 9.10. The number of nitrogens with zero attached hydrogens (tertiary/aromatic N) is 1. The number of benzene rings is 1. The Bertz CT molecular complexity index is 1010. The minimum Gasteiger partial charge on any atom is -0.466 e. The van der Waals surface area contributed by atoms with Crippen LogP contribution in [0, 0.1) is 6.92 Å². The quantitative estimate of drug-likeness (QED) is 0.230. The zero-order valence-corrected chi connectivity index (χ0v) is 18.6. The molecule has 28 heavy (non-hydrogen) atoms. The van der Waals surface area contributed by atoms with Gasteiger partial charge in [-0.05, 0) is 52.8 Å². The van der Waals surface area contributed by atoms with Gasteiger partial charge in [0, 0.05) is 27.7 Å². The number of thiophene rings is 1. The Morgan fingerprint density at radius 2 is 1.79 bits per heavy atom. The van der Waals surface area contributed by atoms with E-state index in [0.29, 0.717) is 25.9 Å². The fraction of sp³-hybridized carbons (Fsp3) is 0.190. The molecule has 0 amide bonds. The highest BCUT2D eigenvalue weighted by Crippen LogP contribution is 2.32. The molecule has 1 aromatic carbocycles. The Balaban J connectivity index is 2.12. The number of esters is 1. The smallest absolute Gasteiger partial charge is 0.310 e. The van der Waals surface area contributed by atoms with Crippen LogP contribution in [0.1, 0.15) is 33.3 Å². The molecule has 0 bridgehead atoms. The Morgan fingerprint density at radius 3 is 2.39 bits per heavy atom. The van der Waals surface area contributed by atoms with Gasteiger partial charge in [0.1, 0.15) is 0 Å². The van der Waals surface area contributed by atoms with Crippen molar-refractivity contribution < 1.29 is 18.9 Å². The maximum Gasteiger partial charge on any atom is 0.310 e. The first-order valence-electron chi connectivity index (χ1n) is 8.67. The van der Waals surface area contributed by atoms with Gasteiger partial charge in [-0.3, -0.25) is 9.59 Å². The van der Waals surface area contributed by atoms with E-state index in [4.69, 9.17) is 17.4 Å². The van der Waals surface area contributed by atoms with Crippen molar-refractivity contribution in [3.63, 3.8) is 0 Å². The second kappa shape index (κ2) is 8.94. The predicted octanol–water partition coefficient (Wildman–Crippen LogP) is 4.34. The molecule has 4 nitrogen and oxygen atoms in total. The number of ether oxygens (including phenoxy) is 1. The molecule has 0 fully saturated rings. The SMILES string of the molecule is CCOC(=O)Cc1c(C(=O)c2ccc(Br)cc2)sc([S-])c1-[n+]1ccc(C)cc1. The van der Waals surface area contributed by atoms with E-state index in [1.165, 1.54) is 11.3 Å². The van der Waals surface area contributed by atoms with Crippen molar-refractivity contribution in [2.24, 2.45) is 0 Å². The van der Waals surface area contributed by atoms with Gasteiger partial charge in [0.25, 0.3) is 0 Å². The fourth-order valence-electron chi connectivity index (χ4n) is 2.78. The monoisotopic (exact) mass is 475 g/mol. The van der Waals surface area contributed by atoms with Crippen molar-refractivity contribution in [2.75, 3.05) is 6.61 Å². The number of aryl methyl sites for hydroxylation is 1. The highest BCUT2D eigenvalue weighted by atomic mass is 79.9. The van der Waals surface area contributed by atoms with Crippen LogP contribution in [-0.4, -0.2) is 18.4 Å². The van der Waals surface area contributed by atoms with Gasteiger partial charge in [0.2, 0.25) is 5.69 Å². The Labute approximate surface area is 181 Å². The zero-order valence-electron chi connectivity index (χ0n) is 15.4. The third kappa shape index (κ3) is 4.48. The van der Waals surface area contributed by atoms with Crippen molar-refractivity contribution >= 4 is 51.6 Å². The third-order valence-corrected chi connectivity index (χ3v) is 6.13. The van der Waals surface area contributed by atoms with Gasteiger partial charge < -0.3 is 28.7 Å². The number of carbonyl (C=O) groups is 2. The minimum atomic E-state index is -0.380. The molecule has 7 heteroatoms. The lowest BCUT2D eigenvalue weighted by molar-refractivity contribution is -0.598. The van der Waals surface area contributed by atoms with Crippen LogP contribution in [0.4, 0.5) is 0 Å². The van der Waals surface area contributed by atoms with E-state index < -0.39 is 0 Å². The van der Waals surface area contributed by atoms with Crippen molar-refractivity contribution in [3.8, 4) is 5.69 Å². The second-order valence-electron chi connectivity index (χ2n) is 6.15. The molecule has 0 aliphatic rings. The molecule has 0 atom stereocenters. The van der Waals surface area contributed by atoms with E-state index in [-0.39, 0.29) is 24.8 Å². The van der Waals surface area contributed by atoms with Gasteiger partial charge in [-0.2, -0.15) is 4.57 Å². The molecule has 0 aliphatic carbocycles. The summed E-state index contributed by atoms with van der Waals surface area (Å²) in [5, 5.41) is 0. The van der Waals surface area contributed by atoms with E-state index in [0.717, 1.165) is 10.0 Å². The molecule has 2 aromatic heterocycles. The molecule has 2 heterocycles. The first kappa shape index (κ1) is 20.6.